The van der Waals surface area contributed by atoms with E-state index >= 15 is 0 Å². The number of para-hydroxylation sites is 1. The van der Waals surface area contributed by atoms with Crippen LogP contribution in [0.2, 0.25) is 0 Å². The topological polar surface area (TPSA) is 73.5 Å². The fourth-order valence-corrected chi connectivity index (χ4v) is 1.78. The van der Waals surface area contributed by atoms with E-state index in [0.717, 1.165) is 6.07 Å². The molecule has 0 spiro atoms. The largest absolute Gasteiger partial charge is 0.492 e. The fourth-order valence-electron chi connectivity index (χ4n) is 1.78. The minimum Gasteiger partial charge on any atom is -0.489 e. The molecule has 0 fully saturated rings. The van der Waals surface area contributed by atoms with Crippen molar-refractivity contribution >= 4 is 12.6 Å². The highest BCUT2D eigenvalue weighted by molar-refractivity contribution is 6.59. The molecule has 2 aromatic rings. The zero-order valence-corrected chi connectivity index (χ0v) is 10.5. The Morgan fingerprint density at radius 3 is 2.65 bits per heavy atom. The minimum absolute atomic E-state index is 0.0240. The van der Waals surface area contributed by atoms with E-state index in [-0.39, 0.29) is 17.6 Å². The molecule has 0 aliphatic heterocycles. The Hall–Kier alpha value is -2.36. The van der Waals surface area contributed by atoms with Crippen LogP contribution in [0.25, 0.3) is 0 Å². The molecule has 0 bridgehead atoms. The Morgan fingerprint density at radius 1 is 1.20 bits per heavy atom. The van der Waals surface area contributed by atoms with Crippen LogP contribution < -0.4 is 10.2 Å². The van der Waals surface area contributed by atoms with E-state index in [1.807, 2.05) is 6.07 Å². The maximum atomic E-state index is 13.3. The van der Waals surface area contributed by atoms with Crippen LogP contribution in [-0.4, -0.2) is 17.2 Å². The van der Waals surface area contributed by atoms with Crippen LogP contribution in [0.15, 0.2) is 42.5 Å². The van der Waals surface area contributed by atoms with Gasteiger partial charge in [-0.25, -0.2) is 4.39 Å². The average Bonchev–Trinajstić information content (AvgIpc) is 2.44. The zero-order valence-electron chi connectivity index (χ0n) is 10.5. The molecule has 0 radical (unpaired) electrons. The van der Waals surface area contributed by atoms with Crippen LogP contribution in [0.3, 0.4) is 0 Å². The van der Waals surface area contributed by atoms with Gasteiger partial charge in [-0.2, -0.15) is 5.26 Å². The van der Waals surface area contributed by atoms with Crippen molar-refractivity contribution in [3.63, 3.8) is 0 Å². The van der Waals surface area contributed by atoms with Crippen molar-refractivity contribution in [3.05, 3.63) is 59.4 Å². The quantitative estimate of drug-likeness (QED) is 0.812. The molecule has 0 aliphatic rings. The minimum atomic E-state index is -1.65. The summed E-state index contributed by atoms with van der Waals surface area (Å²) in [4.78, 5) is 0. The van der Waals surface area contributed by atoms with Crippen molar-refractivity contribution in [1.82, 2.24) is 0 Å². The van der Waals surface area contributed by atoms with Crippen LogP contribution in [0.5, 0.6) is 5.75 Å². The van der Waals surface area contributed by atoms with Gasteiger partial charge in [0.2, 0.25) is 0 Å². The third-order valence-electron chi connectivity index (χ3n) is 2.68. The third-order valence-corrected chi connectivity index (χ3v) is 2.68. The molecule has 2 rings (SSSR count). The standard InChI is InChI=1S/C14H11BFNO3/c16-12-6-10(8-17)5-11(7-12)9-20-14-4-2-1-3-13(14)15(18)19/h1-7,18-19H,9H2. The summed E-state index contributed by atoms with van der Waals surface area (Å²) in [6.45, 7) is 0.0240. The number of hydrogen-bond acceptors (Lipinski definition) is 4. The molecule has 0 amide bonds. The maximum Gasteiger partial charge on any atom is 0.492 e. The van der Waals surface area contributed by atoms with Crippen LogP contribution in [0, 0.1) is 17.1 Å². The normalized spacial score (nSPS) is 9.90. The van der Waals surface area contributed by atoms with Crippen molar-refractivity contribution in [2.45, 2.75) is 6.61 Å². The van der Waals surface area contributed by atoms with Crippen molar-refractivity contribution in [2.24, 2.45) is 0 Å². The molecule has 0 saturated carbocycles. The van der Waals surface area contributed by atoms with Crippen molar-refractivity contribution in [3.8, 4) is 11.8 Å². The summed E-state index contributed by atoms with van der Waals surface area (Å²) in [5, 5.41) is 27.2. The lowest BCUT2D eigenvalue weighted by Gasteiger charge is -2.11. The number of nitriles is 1. The first-order valence-corrected chi connectivity index (χ1v) is 5.87. The fraction of sp³-hybridized carbons (Fsp3) is 0.0714. The summed E-state index contributed by atoms with van der Waals surface area (Å²) < 4.78 is 18.7. The van der Waals surface area contributed by atoms with Crippen LogP contribution >= 0.6 is 0 Å². The smallest absolute Gasteiger partial charge is 0.489 e. The van der Waals surface area contributed by atoms with Gasteiger partial charge in [0.15, 0.2) is 0 Å². The van der Waals surface area contributed by atoms with E-state index in [1.54, 1.807) is 18.2 Å². The molecule has 0 atom stereocenters. The molecule has 4 nitrogen and oxygen atoms in total. The van der Waals surface area contributed by atoms with Gasteiger partial charge in [-0.1, -0.05) is 18.2 Å². The second-order valence-corrected chi connectivity index (χ2v) is 4.16. The Balaban J connectivity index is 2.17. The number of ether oxygens (including phenoxy) is 1. The van der Waals surface area contributed by atoms with Gasteiger partial charge < -0.3 is 14.8 Å². The third kappa shape index (κ3) is 3.35. The number of hydrogen-bond donors (Lipinski definition) is 2. The van der Waals surface area contributed by atoms with Gasteiger partial charge in [0.25, 0.3) is 0 Å². The van der Waals surface area contributed by atoms with E-state index in [4.69, 9.17) is 10.00 Å². The van der Waals surface area contributed by atoms with Crippen molar-refractivity contribution in [2.75, 3.05) is 0 Å². The second kappa shape index (κ2) is 6.19. The molecule has 20 heavy (non-hydrogen) atoms. The lowest BCUT2D eigenvalue weighted by atomic mass is 9.79. The van der Waals surface area contributed by atoms with Gasteiger partial charge in [0.1, 0.15) is 18.2 Å². The first-order chi connectivity index (χ1) is 9.60. The highest BCUT2D eigenvalue weighted by atomic mass is 19.1. The molecular formula is C14H11BFNO3. The summed E-state index contributed by atoms with van der Waals surface area (Å²) in [6.07, 6.45) is 0. The van der Waals surface area contributed by atoms with E-state index in [0.29, 0.717) is 11.3 Å². The lowest BCUT2D eigenvalue weighted by Crippen LogP contribution is -2.31. The van der Waals surface area contributed by atoms with Gasteiger partial charge in [-0.3, -0.25) is 0 Å². The second-order valence-electron chi connectivity index (χ2n) is 4.16. The zero-order chi connectivity index (χ0) is 14.5. The van der Waals surface area contributed by atoms with Gasteiger partial charge in [0.05, 0.1) is 11.6 Å². The number of nitrogens with zero attached hydrogens (tertiary/aromatic N) is 1. The van der Waals surface area contributed by atoms with Gasteiger partial charge >= 0.3 is 7.12 Å². The highest BCUT2D eigenvalue weighted by Crippen LogP contribution is 2.13. The van der Waals surface area contributed by atoms with Gasteiger partial charge in [-0.15, -0.1) is 0 Å². The van der Waals surface area contributed by atoms with E-state index in [9.17, 15) is 14.4 Å². The summed E-state index contributed by atoms with van der Waals surface area (Å²) >= 11 is 0. The maximum absolute atomic E-state index is 13.3. The lowest BCUT2D eigenvalue weighted by molar-refractivity contribution is 0.306. The van der Waals surface area contributed by atoms with Crippen LogP contribution in [0.4, 0.5) is 4.39 Å². The molecular weight excluding hydrogens is 260 g/mol. The monoisotopic (exact) mass is 271 g/mol. The highest BCUT2D eigenvalue weighted by Gasteiger charge is 2.16. The SMILES string of the molecule is N#Cc1cc(F)cc(COc2ccccc2B(O)O)c1. The predicted molar refractivity (Wildman–Crippen MR) is 71.7 cm³/mol. The molecule has 0 heterocycles. The summed E-state index contributed by atoms with van der Waals surface area (Å²) in [5.74, 6) is -0.219. The predicted octanol–water partition coefficient (Wildman–Crippen LogP) is 0.956. The van der Waals surface area contributed by atoms with Gasteiger partial charge in [0, 0.05) is 5.46 Å². The van der Waals surface area contributed by atoms with Gasteiger partial charge in [-0.05, 0) is 29.8 Å². The molecule has 0 saturated heterocycles. The number of benzene rings is 2. The Kier molecular flexibility index (Phi) is 4.36. The molecule has 6 heteroatoms. The van der Waals surface area contributed by atoms with E-state index < -0.39 is 12.9 Å². The van der Waals surface area contributed by atoms with Crippen molar-refractivity contribution < 1.29 is 19.2 Å². The molecule has 2 N–H and O–H groups in total. The molecule has 2 aromatic carbocycles. The molecule has 0 aliphatic carbocycles. The van der Waals surface area contributed by atoms with Crippen molar-refractivity contribution in [1.29, 1.82) is 5.26 Å². The summed E-state index contributed by atoms with van der Waals surface area (Å²) in [7, 11) is -1.65. The van der Waals surface area contributed by atoms with E-state index in [2.05, 4.69) is 0 Å². The van der Waals surface area contributed by atoms with Crippen LogP contribution in [0.1, 0.15) is 11.1 Å². The average molecular weight is 271 g/mol. The Morgan fingerprint density at radius 2 is 1.95 bits per heavy atom. The Bertz CT molecular complexity index is 655. The summed E-state index contributed by atoms with van der Waals surface area (Å²) in [5.41, 5.74) is 0.923. The molecule has 100 valence electrons. The van der Waals surface area contributed by atoms with E-state index in [1.165, 1.54) is 18.2 Å². The Labute approximate surface area is 115 Å². The first kappa shape index (κ1) is 14.1. The molecule has 0 aromatic heterocycles. The first-order valence-electron chi connectivity index (χ1n) is 5.87. The number of rotatable bonds is 4. The number of halogens is 1. The summed E-state index contributed by atoms with van der Waals surface area (Å²) in [6, 6.07) is 12.2. The van der Waals surface area contributed by atoms with Crippen LogP contribution in [-0.2, 0) is 6.61 Å². The molecule has 0 unspecified atom stereocenters.